The van der Waals surface area contributed by atoms with Gasteiger partial charge in [0.15, 0.2) is 0 Å². The van der Waals surface area contributed by atoms with E-state index >= 15 is 0 Å². The number of nitrogens with zero attached hydrogens (tertiary/aromatic N) is 8. The monoisotopic (exact) mass is 1250 g/mol. The third-order valence-corrected chi connectivity index (χ3v) is 19.6. The van der Waals surface area contributed by atoms with E-state index in [4.69, 9.17) is 29.9 Å². The summed E-state index contributed by atoms with van der Waals surface area (Å²) in [5.41, 5.74) is 26.9. The highest BCUT2D eigenvalue weighted by atomic mass is 15.0. The van der Waals surface area contributed by atoms with Gasteiger partial charge in [-0.1, -0.05) is 149 Å². The number of unbranched alkanes of at least 4 members (excludes halogenated alkanes) is 16. The molecule has 0 spiro atoms. The van der Waals surface area contributed by atoms with E-state index in [0.717, 1.165) is 212 Å². The van der Waals surface area contributed by atoms with Crippen LogP contribution in [0.15, 0.2) is 97.6 Å². The lowest BCUT2D eigenvalue weighted by Gasteiger charge is -2.10. The maximum absolute atomic E-state index is 5.75. The number of nitrogens with one attached hydrogen (secondary N) is 4. The molecule has 4 aliphatic heterocycles. The Morgan fingerprint density at radius 3 is 0.851 bits per heavy atom. The minimum Gasteiger partial charge on any atom is -0.355 e. The van der Waals surface area contributed by atoms with Crippen molar-refractivity contribution in [1.29, 1.82) is 0 Å². The number of rotatable bonds is 28. The molecular formula is C82H94N12. The van der Waals surface area contributed by atoms with Crippen LogP contribution in [0, 0.1) is 0 Å². The Kier molecular flexibility index (Phi) is 20.2. The van der Waals surface area contributed by atoms with E-state index < -0.39 is 0 Å². The first kappa shape index (κ1) is 63.6. The fourth-order valence-electron chi connectivity index (χ4n) is 14.4. The lowest BCUT2D eigenvalue weighted by Crippen LogP contribution is -1.96. The SMILES string of the molecule is CCCCCCCc1c2nc(c(-c3nccn3C)c3ccc([nH]3)c(CCCCCCC)c3nc(c(-c4cccc(-c5c6nc(c(CCCCCCC)c7ccc([nH]7)c(-c7nccn7C)c7nc(c(CCCCCCC)c8ccc5[nH]8)C=C7)C=C6)c4)c4ccc1[nH]4)C=C3)C=C2. The zero-order valence-electron chi connectivity index (χ0n) is 56.4. The highest BCUT2D eigenvalue weighted by Crippen LogP contribution is 2.40. The van der Waals surface area contributed by atoms with Crippen molar-refractivity contribution in [2.45, 2.75) is 182 Å². The van der Waals surface area contributed by atoms with Crippen molar-refractivity contribution in [3.05, 3.63) is 165 Å². The number of fused-ring (bicyclic) bond motifs is 16. The van der Waals surface area contributed by atoms with Crippen LogP contribution in [0.4, 0.5) is 0 Å². The van der Waals surface area contributed by atoms with E-state index in [9.17, 15) is 0 Å². The number of hydrogen-bond donors (Lipinski definition) is 4. The molecule has 0 saturated heterocycles. The molecule has 12 nitrogen and oxygen atoms in total. The number of H-pyrrole nitrogens is 4. The van der Waals surface area contributed by atoms with Crippen molar-refractivity contribution in [3.63, 3.8) is 0 Å². The van der Waals surface area contributed by atoms with Gasteiger partial charge in [-0.2, -0.15) is 0 Å². The van der Waals surface area contributed by atoms with Crippen LogP contribution in [-0.4, -0.2) is 59.0 Å². The van der Waals surface area contributed by atoms with Crippen molar-refractivity contribution < 1.29 is 0 Å². The number of benzene rings is 1. The fourth-order valence-corrected chi connectivity index (χ4v) is 14.4. The van der Waals surface area contributed by atoms with Crippen LogP contribution in [0.25, 0.3) is 138 Å². The molecule has 12 heterocycles. The van der Waals surface area contributed by atoms with Crippen LogP contribution < -0.4 is 0 Å². The second kappa shape index (κ2) is 29.8. The van der Waals surface area contributed by atoms with Gasteiger partial charge in [0.2, 0.25) is 0 Å². The summed E-state index contributed by atoms with van der Waals surface area (Å²) in [6.45, 7) is 9.15. The Labute approximate surface area is 555 Å². The van der Waals surface area contributed by atoms with Gasteiger partial charge >= 0.3 is 0 Å². The highest BCUT2D eigenvalue weighted by Gasteiger charge is 2.23. The van der Waals surface area contributed by atoms with Gasteiger partial charge in [0, 0.05) is 105 Å². The first-order chi connectivity index (χ1) is 46.3. The molecule has 8 aromatic heterocycles. The molecule has 9 aromatic rings. The molecule has 4 N–H and O–H groups in total. The van der Waals surface area contributed by atoms with Gasteiger partial charge in [0.1, 0.15) is 11.6 Å². The van der Waals surface area contributed by atoms with Gasteiger partial charge < -0.3 is 29.1 Å². The number of hydrogen-bond acceptors (Lipinski definition) is 6. The summed E-state index contributed by atoms with van der Waals surface area (Å²) in [4.78, 5) is 48.5. The van der Waals surface area contributed by atoms with Gasteiger partial charge in [0.25, 0.3) is 0 Å². The molecule has 12 heteroatoms. The molecule has 0 unspecified atom stereocenters. The van der Waals surface area contributed by atoms with Gasteiger partial charge in [-0.25, -0.2) is 29.9 Å². The average Bonchev–Trinajstić information content (AvgIpc) is 1.61. The molecule has 16 bridgehead atoms. The highest BCUT2D eigenvalue weighted by molar-refractivity contribution is 5.98. The summed E-state index contributed by atoms with van der Waals surface area (Å²) in [5, 5.41) is 0. The van der Waals surface area contributed by atoms with Crippen molar-refractivity contribution in [1.82, 2.24) is 59.0 Å². The Hall–Kier alpha value is -9.16. The fraction of sp³-hybridized carbons (Fsp3) is 0.366. The molecule has 0 amide bonds. The second-order valence-electron chi connectivity index (χ2n) is 26.4. The van der Waals surface area contributed by atoms with E-state index in [2.05, 4.69) is 192 Å². The number of imidazole rings is 2. The molecule has 1 aromatic carbocycles. The lowest BCUT2D eigenvalue weighted by molar-refractivity contribution is 0.632. The zero-order valence-corrected chi connectivity index (χ0v) is 56.4. The quantitative estimate of drug-likeness (QED) is 0.0359. The van der Waals surface area contributed by atoms with Crippen LogP contribution >= 0.6 is 0 Å². The number of aromatic nitrogens is 12. The molecule has 4 aliphatic rings. The normalized spacial score (nSPS) is 12.6. The van der Waals surface area contributed by atoms with E-state index in [1.807, 2.05) is 24.8 Å². The van der Waals surface area contributed by atoms with Crippen molar-refractivity contribution >= 4 is 92.7 Å². The molecule has 0 atom stereocenters. The molecule has 0 aliphatic carbocycles. The molecule has 0 radical (unpaired) electrons. The minimum atomic E-state index is 0.872. The number of aryl methyl sites for hydroxylation is 6. The van der Waals surface area contributed by atoms with Crippen molar-refractivity contribution in [2.24, 2.45) is 14.1 Å². The van der Waals surface area contributed by atoms with E-state index in [1.54, 1.807) is 0 Å². The topological polar surface area (TPSA) is 150 Å². The third-order valence-electron chi connectivity index (χ3n) is 19.6. The van der Waals surface area contributed by atoms with E-state index in [-0.39, 0.29) is 0 Å². The van der Waals surface area contributed by atoms with Crippen LogP contribution in [0.5, 0.6) is 0 Å². The number of aromatic amines is 4. The van der Waals surface area contributed by atoms with Crippen molar-refractivity contribution in [2.75, 3.05) is 0 Å². The van der Waals surface area contributed by atoms with Crippen LogP contribution in [0.3, 0.4) is 0 Å². The maximum Gasteiger partial charge on any atom is 0.143 e. The average molecular weight is 1250 g/mol. The largest absolute Gasteiger partial charge is 0.355 e. The Morgan fingerprint density at radius 2 is 0.564 bits per heavy atom. The first-order valence-corrected chi connectivity index (χ1v) is 35.6. The second-order valence-corrected chi connectivity index (χ2v) is 26.4. The van der Waals surface area contributed by atoms with E-state index in [0.29, 0.717) is 0 Å². The summed E-state index contributed by atoms with van der Waals surface area (Å²) in [5.74, 6) is 1.74. The van der Waals surface area contributed by atoms with Crippen LogP contribution in [0.2, 0.25) is 0 Å². The first-order valence-electron chi connectivity index (χ1n) is 35.6. The standard InChI is InChI=1S/C82H94N12/c1-7-11-15-19-23-30-57-61-34-42-69(85-61)77(70-43-35-62(86-70)58(31-24-20-16-12-8-2)66-39-47-74(90-66)79(73-46-38-65(57)89-73)81-83-50-52-93(81)5)55-28-27-29-56(54-55)78-71-44-36-63(87-71)59(32-25-21-17-13-9-3)67-40-48-75(91-67)80(82-84-51-53-94(82)6)76-49-41-68(92-76)60(33-26-22-18-14-10-4)64-37-45-72(78)88-64/h27-29,34-54,85,87,90,92H,7-26,30-33H2,1-6H3. The van der Waals surface area contributed by atoms with Crippen LogP contribution in [-0.2, 0) is 39.8 Å². The van der Waals surface area contributed by atoms with Gasteiger partial charge in [-0.05, 0) is 166 Å². The van der Waals surface area contributed by atoms with E-state index in [1.165, 1.54) is 99.3 Å². The maximum atomic E-state index is 5.75. The molecular weight excluding hydrogens is 1150 g/mol. The Morgan fingerprint density at radius 1 is 0.298 bits per heavy atom. The van der Waals surface area contributed by atoms with Crippen LogP contribution in [0.1, 0.15) is 224 Å². The molecule has 0 saturated carbocycles. The smallest absolute Gasteiger partial charge is 0.143 e. The lowest BCUT2D eigenvalue weighted by atomic mass is 9.97. The summed E-state index contributed by atoms with van der Waals surface area (Å²) >= 11 is 0. The molecule has 482 valence electrons. The molecule has 94 heavy (non-hydrogen) atoms. The van der Waals surface area contributed by atoms with Gasteiger partial charge in [0.05, 0.1) is 67.7 Å². The zero-order chi connectivity index (χ0) is 64.3. The van der Waals surface area contributed by atoms with Crippen molar-refractivity contribution in [3.8, 4) is 45.0 Å². The molecule has 13 rings (SSSR count). The summed E-state index contributed by atoms with van der Waals surface area (Å²) in [6.07, 6.45) is 52.8. The minimum absolute atomic E-state index is 0.872. The molecule has 0 fully saturated rings. The summed E-state index contributed by atoms with van der Waals surface area (Å²) in [6, 6.07) is 27.2. The van der Waals surface area contributed by atoms with Gasteiger partial charge in [-0.15, -0.1) is 0 Å². The van der Waals surface area contributed by atoms with Gasteiger partial charge in [-0.3, -0.25) is 0 Å². The summed E-state index contributed by atoms with van der Waals surface area (Å²) in [7, 11) is 4.14. The Bertz CT molecular complexity index is 4360. The predicted molar refractivity (Wildman–Crippen MR) is 396 cm³/mol. The third kappa shape index (κ3) is 13.8. The predicted octanol–water partition coefficient (Wildman–Crippen LogP) is 21.8. The Balaban J connectivity index is 1.05. The summed E-state index contributed by atoms with van der Waals surface area (Å²) < 4.78 is 4.20.